The monoisotopic (exact) mass is 173 g/mol. The van der Waals surface area contributed by atoms with Crippen LogP contribution in [-0.4, -0.2) is 30.5 Å². The fourth-order valence-corrected chi connectivity index (χ4v) is 2.15. The zero-order chi connectivity index (χ0) is 8.60. The van der Waals surface area contributed by atoms with Crippen LogP contribution in [0.2, 0.25) is 0 Å². The van der Waals surface area contributed by atoms with Crippen molar-refractivity contribution in [2.24, 2.45) is 5.41 Å². The Bertz CT molecular complexity index is 170. The van der Waals surface area contributed by atoms with E-state index >= 15 is 0 Å². The van der Waals surface area contributed by atoms with E-state index in [0.717, 1.165) is 0 Å². The molecule has 2 fully saturated rings. The summed E-state index contributed by atoms with van der Waals surface area (Å²) in [6, 6.07) is 0.576. The molecule has 2 N–H and O–H groups in total. The smallest absolute Gasteiger partial charge is 0.117 e. The van der Waals surface area contributed by atoms with Gasteiger partial charge in [-0.15, -0.1) is 0 Å². The minimum absolute atomic E-state index is 0.420. The molecule has 0 heterocycles. The van der Waals surface area contributed by atoms with Crippen LogP contribution in [0.3, 0.4) is 0 Å². The van der Waals surface area contributed by atoms with Crippen LogP contribution >= 0.6 is 0 Å². The Kier molecular flexibility index (Phi) is 2.09. The third-order valence-electron chi connectivity index (χ3n) is 3.32. The summed E-state index contributed by atoms with van der Waals surface area (Å²) >= 11 is 0. The highest BCUT2D eigenvalue weighted by Gasteiger charge is 2.57. The van der Waals surface area contributed by atoms with Crippen molar-refractivity contribution in [2.45, 2.75) is 37.8 Å². The number of alkyl halides is 1. The maximum Gasteiger partial charge on any atom is 0.117 e. The van der Waals surface area contributed by atoms with E-state index in [9.17, 15) is 4.39 Å². The van der Waals surface area contributed by atoms with Gasteiger partial charge in [0.05, 0.1) is 6.10 Å². The summed E-state index contributed by atoms with van der Waals surface area (Å²) in [6.45, 7) is -0.213. The van der Waals surface area contributed by atoms with Crippen molar-refractivity contribution in [3.05, 3.63) is 0 Å². The number of rotatable bonds is 4. The van der Waals surface area contributed by atoms with Crippen LogP contribution in [-0.2, 0) is 0 Å². The predicted molar refractivity (Wildman–Crippen MR) is 44.7 cm³/mol. The summed E-state index contributed by atoms with van der Waals surface area (Å²) in [4.78, 5) is 0. The molecule has 2 aliphatic rings. The van der Waals surface area contributed by atoms with E-state index in [-0.39, 0.29) is 0 Å². The molecule has 2 nitrogen and oxygen atoms in total. The molecule has 12 heavy (non-hydrogen) atoms. The number of halogens is 1. The van der Waals surface area contributed by atoms with Crippen molar-refractivity contribution < 1.29 is 9.50 Å². The topological polar surface area (TPSA) is 32.3 Å². The number of hydrogen-bond acceptors (Lipinski definition) is 2. The van der Waals surface area contributed by atoms with Crippen LogP contribution in [0.25, 0.3) is 0 Å². The summed E-state index contributed by atoms with van der Waals surface area (Å²) in [5.41, 5.74) is 0.579. The van der Waals surface area contributed by atoms with Gasteiger partial charge in [0.1, 0.15) is 6.67 Å². The van der Waals surface area contributed by atoms with Gasteiger partial charge < -0.3 is 10.4 Å². The van der Waals surface area contributed by atoms with E-state index in [4.69, 9.17) is 5.11 Å². The number of aliphatic hydroxyl groups is 1. The second-order valence-corrected chi connectivity index (χ2v) is 4.19. The summed E-state index contributed by atoms with van der Waals surface area (Å²) in [5.74, 6) is 0. The van der Waals surface area contributed by atoms with Crippen LogP contribution in [0.4, 0.5) is 4.39 Å². The van der Waals surface area contributed by atoms with Crippen LogP contribution in [0.1, 0.15) is 25.7 Å². The quantitative estimate of drug-likeness (QED) is 0.660. The van der Waals surface area contributed by atoms with Gasteiger partial charge in [0, 0.05) is 12.6 Å². The Hall–Kier alpha value is -0.150. The van der Waals surface area contributed by atoms with Crippen molar-refractivity contribution in [3.63, 3.8) is 0 Å². The van der Waals surface area contributed by atoms with E-state index < -0.39 is 12.8 Å². The molecule has 2 atom stereocenters. The molecule has 0 bridgehead atoms. The first-order valence-corrected chi connectivity index (χ1v) is 4.74. The van der Waals surface area contributed by atoms with Crippen molar-refractivity contribution in [1.82, 2.24) is 5.32 Å². The molecule has 0 radical (unpaired) electrons. The van der Waals surface area contributed by atoms with Crippen LogP contribution in [0.15, 0.2) is 0 Å². The molecule has 0 amide bonds. The standard InChI is InChI=1S/C9H16FNO/c10-5-7(12)6-11-8-4-9(8)2-1-3-9/h7-8,11-12H,1-6H2. The van der Waals surface area contributed by atoms with Crippen molar-refractivity contribution in [3.8, 4) is 0 Å². The first-order valence-electron chi connectivity index (χ1n) is 4.74. The van der Waals surface area contributed by atoms with E-state index in [1.54, 1.807) is 0 Å². The minimum Gasteiger partial charge on any atom is -0.389 e. The van der Waals surface area contributed by atoms with E-state index in [1.807, 2.05) is 0 Å². The lowest BCUT2D eigenvalue weighted by Crippen LogP contribution is -2.34. The Morgan fingerprint density at radius 2 is 2.33 bits per heavy atom. The Morgan fingerprint density at radius 3 is 2.75 bits per heavy atom. The maximum absolute atomic E-state index is 11.9. The largest absolute Gasteiger partial charge is 0.389 e. The summed E-state index contributed by atoms with van der Waals surface area (Å²) in [5, 5.41) is 12.2. The highest BCUT2D eigenvalue weighted by atomic mass is 19.1. The van der Waals surface area contributed by atoms with E-state index in [0.29, 0.717) is 18.0 Å². The van der Waals surface area contributed by atoms with Gasteiger partial charge in [0.2, 0.25) is 0 Å². The molecule has 0 aromatic rings. The normalized spacial score (nSPS) is 33.0. The zero-order valence-corrected chi connectivity index (χ0v) is 7.22. The molecule has 0 saturated heterocycles. The third kappa shape index (κ3) is 1.36. The highest BCUT2D eigenvalue weighted by Crippen LogP contribution is 2.60. The number of aliphatic hydroxyl groups excluding tert-OH is 1. The fraction of sp³-hybridized carbons (Fsp3) is 1.00. The molecule has 0 aliphatic heterocycles. The predicted octanol–water partition coefficient (Wildman–Crippen LogP) is 0.849. The highest BCUT2D eigenvalue weighted by molar-refractivity contribution is 5.12. The molecule has 3 heteroatoms. The van der Waals surface area contributed by atoms with Crippen molar-refractivity contribution in [2.75, 3.05) is 13.2 Å². The first kappa shape index (κ1) is 8.45. The average Bonchev–Trinajstić information content (AvgIpc) is 2.73. The van der Waals surface area contributed by atoms with Gasteiger partial charge in [0.25, 0.3) is 0 Å². The molecular weight excluding hydrogens is 157 g/mol. The molecule has 2 unspecified atom stereocenters. The molecule has 0 aromatic carbocycles. The van der Waals surface area contributed by atoms with Gasteiger partial charge in [-0.05, 0) is 24.7 Å². The Balaban J connectivity index is 1.63. The molecule has 70 valence electrons. The van der Waals surface area contributed by atoms with Gasteiger partial charge in [-0.2, -0.15) is 0 Å². The lowest BCUT2D eigenvalue weighted by Gasteiger charge is -2.27. The summed E-state index contributed by atoms with van der Waals surface area (Å²) in [7, 11) is 0. The zero-order valence-electron chi connectivity index (χ0n) is 7.22. The van der Waals surface area contributed by atoms with Crippen LogP contribution in [0.5, 0.6) is 0 Å². The molecule has 2 saturated carbocycles. The summed E-state index contributed by atoms with van der Waals surface area (Å²) < 4.78 is 11.9. The molecule has 2 aliphatic carbocycles. The Labute approximate surface area is 72.2 Å². The third-order valence-corrected chi connectivity index (χ3v) is 3.32. The molecule has 2 rings (SSSR count). The van der Waals surface area contributed by atoms with E-state index in [2.05, 4.69) is 5.32 Å². The van der Waals surface area contributed by atoms with Crippen molar-refractivity contribution >= 4 is 0 Å². The second-order valence-electron chi connectivity index (χ2n) is 4.19. The Morgan fingerprint density at radius 1 is 1.58 bits per heavy atom. The van der Waals surface area contributed by atoms with Gasteiger partial charge in [-0.1, -0.05) is 6.42 Å². The van der Waals surface area contributed by atoms with Crippen LogP contribution in [0, 0.1) is 5.41 Å². The van der Waals surface area contributed by atoms with E-state index in [1.165, 1.54) is 25.7 Å². The molecular formula is C9H16FNO. The van der Waals surface area contributed by atoms with Crippen molar-refractivity contribution in [1.29, 1.82) is 0 Å². The first-order chi connectivity index (χ1) is 5.77. The summed E-state index contributed by atoms with van der Waals surface area (Å²) in [6.07, 6.45) is 4.45. The minimum atomic E-state index is -0.803. The van der Waals surface area contributed by atoms with Gasteiger partial charge in [0.15, 0.2) is 0 Å². The van der Waals surface area contributed by atoms with Gasteiger partial charge in [-0.3, -0.25) is 0 Å². The lowest BCUT2D eigenvalue weighted by molar-refractivity contribution is 0.134. The molecule has 1 spiro atoms. The molecule has 0 aromatic heterocycles. The number of hydrogen-bond donors (Lipinski definition) is 2. The van der Waals surface area contributed by atoms with Gasteiger partial charge in [-0.25, -0.2) is 4.39 Å². The average molecular weight is 173 g/mol. The SMILES string of the molecule is OC(CF)CNC1CC12CCC2. The van der Waals surface area contributed by atoms with Crippen LogP contribution < -0.4 is 5.32 Å². The maximum atomic E-state index is 11.9. The lowest BCUT2D eigenvalue weighted by atomic mass is 9.81. The second kappa shape index (κ2) is 2.96. The number of nitrogens with one attached hydrogen (secondary N) is 1. The fourth-order valence-electron chi connectivity index (χ4n) is 2.15. The van der Waals surface area contributed by atoms with Gasteiger partial charge >= 0.3 is 0 Å².